The molecule has 0 bridgehead atoms. The zero-order valence-corrected chi connectivity index (χ0v) is 20.1. The quantitative estimate of drug-likeness (QED) is 0.433. The van der Waals surface area contributed by atoms with Crippen molar-refractivity contribution in [2.24, 2.45) is 0 Å². The molecule has 1 fully saturated rings. The van der Waals surface area contributed by atoms with Crippen molar-refractivity contribution in [1.29, 1.82) is 0 Å². The van der Waals surface area contributed by atoms with Gasteiger partial charge in [0.05, 0.1) is 24.3 Å². The first-order valence-corrected chi connectivity index (χ1v) is 11.9. The molecule has 0 aliphatic carbocycles. The smallest absolute Gasteiger partial charge is 0.416 e. The highest BCUT2D eigenvalue weighted by Crippen LogP contribution is 2.31. The van der Waals surface area contributed by atoms with Gasteiger partial charge in [-0.1, -0.05) is 78.3 Å². The molecule has 4 rings (SSSR count). The highest BCUT2D eigenvalue weighted by Gasteiger charge is 2.39. The molecule has 0 unspecified atom stereocenters. The molecule has 190 valence electrons. The zero-order valence-electron chi connectivity index (χ0n) is 19.4. The molecule has 3 aromatic rings. The van der Waals surface area contributed by atoms with Crippen LogP contribution < -0.4 is 0 Å². The van der Waals surface area contributed by atoms with Crippen molar-refractivity contribution in [3.8, 4) is 0 Å². The van der Waals surface area contributed by atoms with E-state index in [9.17, 15) is 23.1 Å². The minimum Gasteiger partial charge on any atom is -0.445 e. The van der Waals surface area contributed by atoms with Crippen LogP contribution in [0.15, 0.2) is 78.9 Å². The van der Waals surface area contributed by atoms with Gasteiger partial charge in [0.15, 0.2) is 0 Å². The predicted octanol–water partition coefficient (Wildman–Crippen LogP) is 5.74. The number of aliphatic hydroxyl groups excluding tert-OH is 1. The lowest BCUT2D eigenvalue weighted by Crippen LogP contribution is -2.42. The molecule has 1 amide bonds. The molecule has 1 saturated heterocycles. The van der Waals surface area contributed by atoms with E-state index in [0.717, 1.165) is 23.3 Å². The van der Waals surface area contributed by atoms with Gasteiger partial charge < -0.3 is 14.7 Å². The average molecular weight is 519 g/mol. The molecule has 36 heavy (non-hydrogen) atoms. The normalized spacial score (nSPS) is 18.0. The van der Waals surface area contributed by atoms with E-state index in [1.165, 1.54) is 11.0 Å². The lowest BCUT2D eigenvalue weighted by molar-refractivity contribution is -0.137. The Morgan fingerprint density at radius 2 is 1.67 bits per heavy atom. The van der Waals surface area contributed by atoms with Crippen molar-refractivity contribution >= 4 is 17.7 Å². The third-order valence-corrected chi connectivity index (χ3v) is 6.53. The van der Waals surface area contributed by atoms with Crippen LogP contribution in [0.4, 0.5) is 18.0 Å². The number of likely N-dealkylation sites (tertiary alicyclic amines) is 1. The van der Waals surface area contributed by atoms with Crippen molar-refractivity contribution in [3.63, 3.8) is 0 Å². The van der Waals surface area contributed by atoms with Crippen molar-refractivity contribution in [3.05, 3.63) is 106 Å². The summed E-state index contributed by atoms with van der Waals surface area (Å²) in [6, 6.07) is 21.0. The standard InChI is InChI=1S/C27H26ClF3N2O3/c28-23-12-5-4-10-21(23)15-32(14-20-9-6-11-22(13-20)27(29,30)31)24-16-33(17-25(24)34)26(35)36-18-19-7-2-1-3-8-19/h1-13,24-25,34H,14-18H2/t24-,25-/m1/s1. The van der Waals surface area contributed by atoms with Crippen molar-refractivity contribution in [1.82, 2.24) is 9.80 Å². The molecular weight excluding hydrogens is 493 g/mol. The SMILES string of the molecule is O=C(OCc1ccccc1)N1C[C@@H](O)[C@H](N(Cc2cccc(C(F)(F)F)c2)Cc2ccccc2Cl)C1. The highest BCUT2D eigenvalue weighted by atomic mass is 35.5. The fourth-order valence-electron chi connectivity index (χ4n) is 4.30. The number of benzene rings is 3. The first-order valence-electron chi connectivity index (χ1n) is 11.5. The fraction of sp³-hybridized carbons (Fsp3) is 0.296. The maximum Gasteiger partial charge on any atom is 0.416 e. The molecule has 3 aromatic carbocycles. The number of nitrogens with zero attached hydrogens (tertiary/aromatic N) is 2. The van der Waals surface area contributed by atoms with Gasteiger partial charge in [-0.25, -0.2) is 4.79 Å². The Balaban J connectivity index is 1.51. The largest absolute Gasteiger partial charge is 0.445 e. The number of ether oxygens (including phenoxy) is 1. The molecule has 9 heteroatoms. The molecule has 1 N–H and O–H groups in total. The Morgan fingerprint density at radius 1 is 0.972 bits per heavy atom. The summed E-state index contributed by atoms with van der Waals surface area (Å²) >= 11 is 6.36. The molecule has 1 aliphatic heterocycles. The van der Waals surface area contributed by atoms with Crippen LogP contribution in [0.1, 0.15) is 22.3 Å². The summed E-state index contributed by atoms with van der Waals surface area (Å²) in [7, 11) is 0. The van der Waals surface area contributed by atoms with E-state index in [4.69, 9.17) is 16.3 Å². The predicted molar refractivity (Wildman–Crippen MR) is 130 cm³/mol. The van der Waals surface area contributed by atoms with Gasteiger partial charge in [0, 0.05) is 24.7 Å². The Bertz CT molecular complexity index is 1180. The topological polar surface area (TPSA) is 53.0 Å². The first kappa shape index (κ1) is 26.0. The second-order valence-electron chi connectivity index (χ2n) is 8.77. The first-order chi connectivity index (χ1) is 17.2. The maximum absolute atomic E-state index is 13.3. The van der Waals surface area contributed by atoms with Gasteiger partial charge in [-0.15, -0.1) is 0 Å². The summed E-state index contributed by atoms with van der Waals surface area (Å²) in [5.74, 6) is 0. The second kappa shape index (κ2) is 11.3. The average Bonchev–Trinajstić information content (AvgIpc) is 3.25. The van der Waals surface area contributed by atoms with Crippen LogP contribution in [0.5, 0.6) is 0 Å². The summed E-state index contributed by atoms with van der Waals surface area (Å²) in [4.78, 5) is 16.0. The van der Waals surface area contributed by atoms with E-state index >= 15 is 0 Å². The van der Waals surface area contributed by atoms with Crippen LogP contribution in [-0.4, -0.2) is 46.2 Å². The van der Waals surface area contributed by atoms with Gasteiger partial charge in [0.1, 0.15) is 6.61 Å². The maximum atomic E-state index is 13.3. The minimum atomic E-state index is -4.46. The molecule has 1 heterocycles. The number of halogens is 4. The lowest BCUT2D eigenvalue weighted by Gasteiger charge is -2.31. The van der Waals surface area contributed by atoms with E-state index < -0.39 is 30.0 Å². The van der Waals surface area contributed by atoms with E-state index in [0.29, 0.717) is 10.6 Å². The summed E-state index contributed by atoms with van der Waals surface area (Å²) in [6.45, 7) is 0.733. The zero-order chi connectivity index (χ0) is 25.7. The molecule has 0 spiro atoms. The number of alkyl halides is 3. The molecule has 0 radical (unpaired) electrons. The number of rotatable bonds is 7. The number of amides is 1. The number of carbonyl (C=O) groups is 1. The van der Waals surface area contributed by atoms with Crippen LogP contribution in [0.3, 0.4) is 0 Å². The number of carbonyl (C=O) groups excluding carboxylic acids is 1. The third-order valence-electron chi connectivity index (χ3n) is 6.16. The number of hydrogen-bond donors (Lipinski definition) is 1. The van der Waals surface area contributed by atoms with Gasteiger partial charge in [0.25, 0.3) is 0 Å². The molecule has 5 nitrogen and oxygen atoms in total. The van der Waals surface area contributed by atoms with Crippen LogP contribution in [0, 0.1) is 0 Å². The van der Waals surface area contributed by atoms with Crippen LogP contribution in [-0.2, 0) is 30.6 Å². The Kier molecular flexibility index (Phi) is 8.18. The lowest BCUT2D eigenvalue weighted by atomic mass is 10.1. The molecular formula is C27H26ClF3N2O3. The minimum absolute atomic E-state index is 0.0555. The van der Waals surface area contributed by atoms with Crippen LogP contribution >= 0.6 is 11.6 Å². The molecule has 0 aromatic heterocycles. The van der Waals surface area contributed by atoms with E-state index in [-0.39, 0.29) is 32.8 Å². The van der Waals surface area contributed by atoms with Gasteiger partial charge in [-0.05, 0) is 28.8 Å². The molecule has 1 aliphatic rings. The second-order valence-corrected chi connectivity index (χ2v) is 9.18. The summed E-state index contributed by atoms with van der Waals surface area (Å²) in [5, 5.41) is 11.4. The summed E-state index contributed by atoms with van der Waals surface area (Å²) in [5.41, 5.74) is 1.31. The Morgan fingerprint density at radius 3 is 2.39 bits per heavy atom. The van der Waals surface area contributed by atoms with Crippen molar-refractivity contribution < 1.29 is 27.8 Å². The van der Waals surface area contributed by atoms with E-state index in [1.807, 2.05) is 47.4 Å². The van der Waals surface area contributed by atoms with Gasteiger partial charge in [0.2, 0.25) is 0 Å². The fourth-order valence-corrected chi connectivity index (χ4v) is 4.50. The van der Waals surface area contributed by atoms with Crippen LogP contribution in [0.25, 0.3) is 0 Å². The number of aliphatic hydroxyl groups is 1. The van der Waals surface area contributed by atoms with E-state index in [1.54, 1.807) is 18.2 Å². The number of hydrogen-bond acceptors (Lipinski definition) is 4. The van der Waals surface area contributed by atoms with Crippen molar-refractivity contribution in [2.45, 2.75) is 38.0 Å². The molecule has 2 atom stereocenters. The third kappa shape index (κ3) is 6.57. The van der Waals surface area contributed by atoms with E-state index in [2.05, 4.69) is 0 Å². The monoisotopic (exact) mass is 518 g/mol. The van der Waals surface area contributed by atoms with Crippen LogP contribution in [0.2, 0.25) is 5.02 Å². The Labute approximate surface area is 212 Å². The summed E-state index contributed by atoms with van der Waals surface area (Å²) in [6.07, 6.45) is -5.94. The van der Waals surface area contributed by atoms with Gasteiger partial charge >= 0.3 is 12.3 Å². The summed E-state index contributed by atoms with van der Waals surface area (Å²) < 4.78 is 45.2. The van der Waals surface area contributed by atoms with Gasteiger partial charge in [-0.3, -0.25) is 4.90 Å². The Hall–Kier alpha value is -3.07. The highest BCUT2D eigenvalue weighted by molar-refractivity contribution is 6.31. The number of β-amino-alcohol motifs (C(OH)–C–C–N with tert-alkyl or cyclic N) is 1. The van der Waals surface area contributed by atoms with Gasteiger partial charge in [-0.2, -0.15) is 13.2 Å². The van der Waals surface area contributed by atoms with Crippen molar-refractivity contribution in [2.75, 3.05) is 13.1 Å². The molecule has 0 saturated carbocycles.